The van der Waals surface area contributed by atoms with Gasteiger partial charge in [0.25, 0.3) is 0 Å². The highest BCUT2D eigenvalue weighted by Crippen LogP contribution is 2.27. The van der Waals surface area contributed by atoms with Crippen LogP contribution in [0.4, 0.5) is 0 Å². The molecule has 2 unspecified atom stereocenters. The van der Waals surface area contributed by atoms with Crippen LogP contribution in [0.5, 0.6) is 0 Å². The standard InChI is InChI=1S/C13H16N2/c1-3-9(2)13(14)11-8-15-12-7-5-4-6-10(11)12/h3-9,13,15H,1,14H2,2H3. The van der Waals surface area contributed by atoms with Gasteiger partial charge in [0.2, 0.25) is 0 Å². The number of para-hydroxylation sites is 1. The van der Waals surface area contributed by atoms with Gasteiger partial charge in [-0.1, -0.05) is 31.2 Å². The zero-order valence-corrected chi connectivity index (χ0v) is 8.90. The summed E-state index contributed by atoms with van der Waals surface area (Å²) >= 11 is 0. The Hall–Kier alpha value is -1.54. The third kappa shape index (κ3) is 1.68. The zero-order valence-electron chi connectivity index (χ0n) is 8.90. The van der Waals surface area contributed by atoms with Crippen LogP contribution in [-0.2, 0) is 0 Å². The molecule has 78 valence electrons. The largest absolute Gasteiger partial charge is 0.361 e. The van der Waals surface area contributed by atoms with Gasteiger partial charge >= 0.3 is 0 Å². The summed E-state index contributed by atoms with van der Waals surface area (Å²) in [5, 5.41) is 1.21. The Morgan fingerprint density at radius 2 is 2.13 bits per heavy atom. The van der Waals surface area contributed by atoms with Crippen molar-refractivity contribution in [3.05, 3.63) is 48.7 Å². The Morgan fingerprint density at radius 3 is 2.87 bits per heavy atom. The fourth-order valence-electron chi connectivity index (χ4n) is 1.80. The van der Waals surface area contributed by atoms with Gasteiger partial charge in [0.15, 0.2) is 0 Å². The molecule has 2 nitrogen and oxygen atoms in total. The Balaban J connectivity index is 2.48. The molecule has 1 heterocycles. The fourth-order valence-corrected chi connectivity index (χ4v) is 1.80. The maximum Gasteiger partial charge on any atom is 0.0457 e. The molecule has 1 aromatic heterocycles. The van der Waals surface area contributed by atoms with Gasteiger partial charge in [-0.25, -0.2) is 0 Å². The molecule has 1 aromatic carbocycles. The molecule has 2 heteroatoms. The molecule has 0 aliphatic heterocycles. The first-order chi connectivity index (χ1) is 7.24. The first kappa shape index (κ1) is 9.99. The summed E-state index contributed by atoms with van der Waals surface area (Å²) in [4.78, 5) is 3.23. The van der Waals surface area contributed by atoms with E-state index in [-0.39, 0.29) is 12.0 Å². The summed E-state index contributed by atoms with van der Waals surface area (Å²) in [7, 11) is 0. The summed E-state index contributed by atoms with van der Waals surface area (Å²) < 4.78 is 0. The molecule has 0 saturated carbocycles. The van der Waals surface area contributed by atoms with Crippen molar-refractivity contribution in [2.75, 3.05) is 0 Å². The van der Waals surface area contributed by atoms with Gasteiger partial charge < -0.3 is 10.7 Å². The van der Waals surface area contributed by atoms with Crippen molar-refractivity contribution in [3.8, 4) is 0 Å². The third-order valence-electron chi connectivity index (χ3n) is 2.92. The molecule has 2 atom stereocenters. The molecule has 0 bridgehead atoms. The van der Waals surface area contributed by atoms with E-state index in [4.69, 9.17) is 5.73 Å². The van der Waals surface area contributed by atoms with E-state index in [2.05, 4.69) is 30.6 Å². The van der Waals surface area contributed by atoms with Crippen molar-refractivity contribution in [2.45, 2.75) is 13.0 Å². The van der Waals surface area contributed by atoms with Crippen LogP contribution in [0.25, 0.3) is 10.9 Å². The van der Waals surface area contributed by atoms with Gasteiger partial charge in [-0.15, -0.1) is 6.58 Å². The third-order valence-corrected chi connectivity index (χ3v) is 2.92. The molecule has 0 fully saturated rings. The summed E-state index contributed by atoms with van der Waals surface area (Å²) in [6.07, 6.45) is 3.89. The molecule has 3 N–H and O–H groups in total. The summed E-state index contributed by atoms with van der Waals surface area (Å²) in [5.41, 5.74) is 8.47. The highest BCUT2D eigenvalue weighted by molar-refractivity contribution is 5.83. The van der Waals surface area contributed by atoms with Crippen LogP contribution >= 0.6 is 0 Å². The molecule has 15 heavy (non-hydrogen) atoms. The van der Waals surface area contributed by atoms with Crippen LogP contribution < -0.4 is 5.73 Å². The summed E-state index contributed by atoms with van der Waals surface area (Å²) in [6.45, 7) is 5.86. The second-order valence-electron chi connectivity index (χ2n) is 3.91. The van der Waals surface area contributed by atoms with Crippen LogP contribution in [0, 0.1) is 5.92 Å². The monoisotopic (exact) mass is 200 g/mol. The van der Waals surface area contributed by atoms with E-state index in [1.54, 1.807) is 0 Å². The number of nitrogens with two attached hydrogens (primary N) is 1. The van der Waals surface area contributed by atoms with Gasteiger partial charge in [0.1, 0.15) is 0 Å². The average molecular weight is 200 g/mol. The van der Waals surface area contributed by atoms with Crippen molar-refractivity contribution in [1.29, 1.82) is 0 Å². The number of H-pyrrole nitrogens is 1. The predicted molar refractivity (Wildman–Crippen MR) is 64.6 cm³/mol. The van der Waals surface area contributed by atoms with Crippen LogP contribution in [0.1, 0.15) is 18.5 Å². The molecule has 0 saturated heterocycles. The summed E-state index contributed by atoms with van der Waals surface area (Å²) in [6, 6.07) is 8.22. The first-order valence-corrected chi connectivity index (χ1v) is 5.18. The summed E-state index contributed by atoms with van der Waals surface area (Å²) in [5.74, 6) is 0.282. The number of benzene rings is 1. The second-order valence-corrected chi connectivity index (χ2v) is 3.91. The van der Waals surface area contributed by atoms with Gasteiger partial charge in [-0.3, -0.25) is 0 Å². The quantitative estimate of drug-likeness (QED) is 0.735. The van der Waals surface area contributed by atoms with Crippen molar-refractivity contribution in [2.24, 2.45) is 11.7 Å². The Kier molecular flexibility index (Phi) is 2.60. The van der Waals surface area contributed by atoms with E-state index in [9.17, 15) is 0 Å². The molecule has 2 rings (SSSR count). The lowest BCUT2D eigenvalue weighted by atomic mass is 9.95. The van der Waals surface area contributed by atoms with Crippen molar-refractivity contribution in [3.63, 3.8) is 0 Å². The topological polar surface area (TPSA) is 41.8 Å². The van der Waals surface area contributed by atoms with Crippen LogP contribution in [0.2, 0.25) is 0 Å². The van der Waals surface area contributed by atoms with Crippen LogP contribution in [0.3, 0.4) is 0 Å². The van der Waals surface area contributed by atoms with Gasteiger partial charge in [-0.05, 0) is 17.5 Å². The van der Waals surface area contributed by atoms with Crippen molar-refractivity contribution < 1.29 is 0 Å². The van der Waals surface area contributed by atoms with Gasteiger partial charge in [0, 0.05) is 23.1 Å². The first-order valence-electron chi connectivity index (χ1n) is 5.18. The van der Waals surface area contributed by atoms with E-state index in [1.165, 1.54) is 5.39 Å². The number of aromatic amines is 1. The Morgan fingerprint density at radius 1 is 1.40 bits per heavy atom. The molecule has 0 radical (unpaired) electrons. The van der Waals surface area contributed by atoms with E-state index < -0.39 is 0 Å². The number of fused-ring (bicyclic) bond motifs is 1. The number of nitrogens with one attached hydrogen (secondary N) is 1. The van der Waals surface area contributed by atoms with Gasteiger partial charge in [0.05, 0.1) is 0 Å². The molecule has 2 aromatic rings. The average Bonchev–Trinajstić information content (AvgIpc) is 2.70. The van der Waals surface area contributed by atoms with Crippen LogP contribution in [0.15, 0.2) is 43.1 Å². The van der Waals surface area contributed by atoms with E-state index in [0.717, 1.165) is 11.1 Å². The normalized spacial score (nSPS) is 15.1. The van der Waals surface area contributed by atoms with Gasteiger partial charge in [-0.2, -0.15) is 0 Å². The molecular formula is C13H16N2. The molecule has 0 aliphatic rings. The van der Waals surface area contributed by atoms with Crippen molar-refractivity contribution >= 4 is 10.9 Å². The SMILES string of the molecule is C=CC(C)C(N)c1c[nH]c2ccccc12. The maximum atomic E-state index is 6.17. The number of hydrogen-bond acceptors (Lipinski definition) is 1. The smallest absolute Gasteiger partial charge is 0.0457 e. The Labute approximate surface area is 89.8 Å². The lowest BCUT2D eigenvalue weighted by Crippen LogP contribution is -2.16. The molecule has 0 amide bonds. The molecular weight excluding hydrogens is 184 g/mol. The maximum absolute atomic E-state index is 6.17. The highest BCUT2D eigenvalue weighted by atomic mass is 14.7. The van der Waals surface area contributed by atoms with E-state index in [0.29, 0.717) is 0 Å². The number of aromatic nitrogens is 1. The highest BCUT2D eigenvalue weighted by Gasteiger charge is 2.15. The number of hydrogen-bond donors (Lipinski definition) is 2. The minimum atomic E-state index is 0.0126. The number of rotatable bonds is 3. The minimum Gasteiger partial charge on any atom is -0.361 e. The lowest BCUT2D eigenvalue weighted by Gasteiger charge is -2.15. The predicted octanol–water partition coefficient (Wildman–Crippen LogP) is 2.99. The van der Waals surface area contributed by atoms with Crippen molar-refractivity contribution in [1.82, 2.24) is 4.98 Å². The second kappa shape index (κ2) is 3.91. The molecule has 0 aliphatic carbocycles. The zero-order chi connectivity index (χ0) is 10.8. The van der Waals surface area contributed by atoms with Crippen LogP contribution in [-0.4, -0.2) is 4.98 Å². The lowest BCUT2D eigenvalue weighted by molar-refractivity contribution is 0.571. The van der Waals surface area contributed by atoms with E-state index >= 15 is 0 Å². The minimum absolute atomic E-state index is 0.0126. The molecule has 0 spiro atoms. The fraction of sp³-hybridized carbons (Fsp3) is 0.231. The Bertz CT molecular complexity index is 470. The van der Waals surface area contributed by atoms with E-state index in [1.807, 2.05) is 24.4 Å².